The predicted molar refractivity (Wildman–Crippen MR) is 295 cm³/mol. The predicted octanol–water partition coefficient (Wildman–Crippen LogP) is -6.07. The number of unbranched alkanes of at least 4 members (excludes halogenated alkanes) is 3. The van der Waals surface area contributed by atoms with E-state index in [0.717, 1.165) is 0 Å². The molecule has 9 amide bonds. The van der Waals surface area contributed by atoms with Gasteiger partial charge in [0.1, 0.15) is 41.6 Å². The number of aliphatic hydroxyl groups is 1. The number of hydrogen-bond donors (Lipinski definition) is 17. The SMILES string of the molecule is NCCCCNC(=O)[C@H](CCCCN)NC(=O)/C(=C/CCN=C(N)N)NC(=O)[C@H](CCCCN)NC(=O)[C@H](Cc1cnc[nH]1)NC(=O)[C@@H]1CCCN1C(=O)C(CCCN)=NC(=O)CNC(=O)[C@H](CCCN)NC(=O)C[C@@H](O)CN. The van der Waals surface area contributed by atoms with Crippen LogP contribution in [0.25, 0.3) is 0 Å². The van der Waals surface area contributed by atoms with Gasteiger partial charge >= 0.3 is 0 Å². The average molecular weight is 1120 g/mol. The number of carbonyl (C=O) groups excluding carboxylic acids is 9. The molecule has 0 radical (unpaired) electrons. The van der Waals surface area contributed by atoms with Crippen molar-refractivity contribution in [3.8, 4) is 0 Å². The molecule has 6 atom stereocenters. The van der Waals surface area contributed by atoms with Crippen LogP contribution in [0, 0.1) is 0 Å². The zero-order chi connectivity index (χ0) is 58.5. The number of guanidine groups is 1. The molecular formula is C49H88N20O10. The van der Waals surface area contributed by atoms with E-state index in [1.54, 1.807) is 0 Å². The van der Waals surface area contributed by atoms with E-state index in [-0.39, 0.29) is 114 Å². The molecule has 79 heavy (non-hydrogen) atoms. The maximum absolute atomic E-state index is 14.4. The van der Waals surface area contributed by atoms with Crippen molar-refractivity contribution in [3.63, 3.8) is 0 Å². The van der Waals surface area contributed by atoms with Gasteiger partial charge in [-0.25, -0.2) is 9.98 Å². The van der Waals surface area contributed by atoms with E-state index in [2.05, 4.69) is 57.2 Å². The fourth-order valence-electron chi connectivity index (χ4n) is 8.10. The summed E-state index contributed by atoms with van der Waals surface area (Å²) in [7, 11) is 0. The lowest BCUT2D eigenvalue weighted by molar-refractivity contribution is -0.136. The number of aliphatic hydroxyl groups excluding tert-OH is 1. The van der Waals surface area contributed by atoms with Crippen LogP contribution >= 0.6 is 0 Å². The molecule has 2 rings (SSSR count). The van der Waals surface area contributed by atoms with Crippen molar-refractivity contribution in [2.24, 2.45) is 55.9 Å². The number of hydrogen-bond acceptors (Lipinski definition) is 18. The van der Waals surface area contributed by atoms with Gasteiger partial charge < -0.3 is 98.1 Å². The second-order valence-electron chi connectivity index (χ2n) is 18.9. The highest BCUT2D eigenvalue weighted by Gasteiger charge is 2.38. The van der Waals surface area contributed by atoms with Crippen molar-refractivity contribution in [2.75, 3.05) is 65.4 Å². The standard InChI is InChI=1S/C49H88N20O10/c50-17-3-1-11-34(42(73)59-22-6-5-19-52)65-45(76)36(15-9-23-60-49(56)57)66-44(75)35(12-2-4-18-51)67-46(77)38(25-31-28-58-30-62-31)68-47(78)39-16-10-24-69(39)48(79)37(14-8-21-54)64-41(72)29-61-43(74)33(13-7-20-53)63-40(71)26-32(70)27-55/h15,28,30,32-35,38-39,70H,1-14,16-27,29,50-55H2,(H,58,62)(H,59,73)(H,61,74)(H,63,71)(H,65,76)(H,66,75)(H,67,77)(H,68,78)(H4,56,57,60)/b36-15-,64-37?/t32-,33+,34+,35+,38+,39+/m1/s1. The van der Waals surface area contributed by atoms with Crippen LogP contribution in [0.2, 0.25) is 0 Å². The summed E-state index contributed by atoms with van der Waals surface area (Å²) in [6.07, 6.45) is 7.28. The topological polar surface area (TPSA) is 523 Å². The van der Waals surface area contributed by atoms with Crippen LogP contribution in [0.3, 0.4) is 0 Å². The molecule has 30 nitrogen and oxygen atoms in total. The first-order chi connectivity index (χ1) is 37.9. The third-order valence-electron chi connectivity index (χ3n) is 12.4. The Kier molecular flexibility index (Phi) is 34.0. The van der Waals surface area contributed by atoms with Crippen LogP contribution in [0.1, 0.15) is 108 Å². The summed E-state index contributed by atoms with van der Waals surface area (Å²) < 4.78 is 0. The van der Waals surface area contributed by atoms with Crippen molar-refractivity contribution in [3.05, 3.63) is 30.0 Å². The molecule has 444 valence electrons. The molecule has 1 aromatic heterocycles. The summed E-state index contributed by atoms with van der Waals surface area (Å²) in [5, 5.41) is 28.3. The summed E-state index contributed by atoms with van der Waals surface area (Å²) in [6.45, 7) is 0.996. The molecule has 0 bridgehead atoms. The molecule has 1 fully saturated rings. The highest BCUT2D eigenvalue weighted by molar-refractivity contribution is 6.40. The Morgan fingerprint density at radius 1 is 0.734 bits per heavy atom. The number of aromatic amines is 1. The Morgan fingerprint density at radius 2 is 1.35 bits per heavy atom. The number of carbonyl (C=O) groups is 9. The minimum absolute atomic E-state index is 0.0378. The fraction of sp³-hybridized carbons (Fsp3) is 0.673. The molecular weight excluding hydrogens is 1030 g/mol. The monoisotopic (exact) mass is 1120 g/mol. The smallest absolute Gasteiger partial charge is 0.269 e. The van der Waals surface area contributed by atoms with Gasteiger partial charge in [-0.15, -0.1) is 0 Å². The van der Waals surface area contributed by atoms with Crippen molar-refractivity contribution < 1.29 is 48.3 Å². The number of nitrogens with zero attached hydrogens (tertiary/aromatic N) is 4. The van der Waals surface area contributed by atoms with Gasteiger partial charge in [0.25, 0.3) is 17.7 Å². The molecule has 1 saturated heterocycles. The van der Waals surface area contributed by atoms with Crippen molar-refractivity contribution in [1.82, 2.24) is 52.1 Å². The zero-order valence-electron chi connectivity index (χ0n) is 45.3. The number of nitrogens with two attached hydrogens (primary N) is 8. The van der Waals surface area contributed by atoms with E-state index in [4.69, 9.17) is 45.9 Å². The lowest BCUT2D eigenvalue weighted by Gasteiger charge is -2.28. The number of likely N-dealkylation sites (tertiary alicyclic amines) is 1. The number of rotatable bonds is 40. The summed E-state index contributed by atoms with van der Waals surface area (Å²) >= 11 is 0. The minimum Gasteiger partial charge on any atom is -0.391 e. The minimum atomic E-state index is -1.37. The first kappa shape index (κ1) is 68.1. The third kappa shape index (κ3) is 27.0. The molecule has 0 saturated carbocycles. The van der Waals surface area contributed by atoms with Crippen LogP contribution in [0.15, 0.2) is 34.3 Å². The van der Waals surface area contributed by atoms with Crippen LogP contribution in [-0.2, 0) is 49.6 Å². The van der Waals surface area contributed by atoms with E-state index >= 15 is 0 Å². The van der Waals surface area contributed by atoms with Gasteiger partial charge in [0, 0.05) is 44.5 Å². The normalized spacial score (nSPS) is 15.4. The van der Waals surface area contributed by atoms with Crippen LogP contribution in [0.4, 0.5) is 0 Å². The lowest BCUT2D eigenvalue weighted by Crippen LogP contribution is -2.57. The van der Waals surface area contributed by atoms with E-state index in [1.807, 2.05) is 0 Å². The first-order valence-electron chi connectivity index (χ1n) is 27.0. The highest BCUT2D eigenvalue weighted by atomic mass is 16.3. The molecule has 1 aliphatic rings. The maximum atomic E-state index is 14.4. The van der Waals surface area contributed by atoms with Gasteiger partial charge in [-0.3, -0.25) is 48.1 Å². The summed E-state index contributed by atoms with van der Waals surface area (Å²) in [6, 6.07) is -5.93. The quantitative estimate of drug-likeness (QED) is 0.0126. The molecule has 0 unspecified atom stereocenters. The summed E-state index contributed by atoms with van der Waals surface area (Å²) in [4.78, 5) is 139. The van der Waals surface area contributed by atoms with Crippen molar-refractivity contribution in [1.29, 1.82) is 0 Å². The van der Waals surface area contributed by atoms with Gasteiger partial charge in [0.05, 0.1) is 25.4 Å². The van der Waals surface area contributed by atoms with Gasteiger partial charge in [0.2, 0.25) is 35.4 Å². The molecule has 1 aliphatic heterocycles. The molecule has 0 aliphatic carbocycles. The molecule has 30 heteroatoms. The Balaban J connectivity index is 2.41. The second-order valence-corrected chi connectivity index (χ2v) is 18.9. The summed E-state index contributed by atoms with van der Waals surface area (Å²) in [5.41, 5.74) is 44.9. The van der Waals surface area contributed by atoms with Crippen molar-refractivity contribution in [2.45, 2.75) is 145 Å². The Labute approximate surface area is 460 Å². The molecule has 0 spiro atoms. The van der Waals surface area contributed by atoms with E-state index in [9.17, 15) is 48.3 Å². The van der Waals surface area contributed by atoms with Gasteiger partial charge in [-0.05, 0) is 129 Å². The maximum Gasteiger partial charge on any atom is 0.269 e. The van der Waals surface area contributed by atoms with Crippen LogP contribution in [0.5, 0.6) is 0 Å². The molecule has 25 N–H and O–H groups in total. The number of aromatic nitrogens is 2. The Bertz CT molecular complexity index is 2170. The number of aliphatic imine (C=N–C) groups is 2. The second kappa shape index (κ2) is 39.4. The summed E-state index contributed by atoms with van der Waals surface area (Å²) in [5.74, 6) is -6.84. The lowest BCUT2D eigenvalue weighted by atomic mass is 10.1. The van der Waals surface area contributed by atoms with E-state index in [0.29, 0.717) is 76.7 Å². The Morgan fingerprint density at radius 3 is 1.97 bits per heavy atom. The van der Waals surface area contributed by atoms with Gasteiger partial charge in [-0.1, -0.05) is 6.08 Å². The number of H-pyrrole nitrogens is 1. The van der Waals surface area contributed by atoms with Crippen LogP contribution in [-0.4, -0.2) is 187 Å². The van der Waals surface area contributed by atoms with E-state index < -0.39 is 96.0 Å². The molecule has 2 heterocycles. The Hall–Kier alpha value is -6.96. The number of nitrogens with one attached hydrogen (secondary N) is 8. The zero-order valence-corrected chi connectivity index (χ0v) is 45.3. The molecule has 1 aromatic rings. The first-order valence-corrected chi connectivity index (χ1v) is 27.0. The number of imidazole rings is 1. The third-order valence-corrected chi connectivity index (χ3v) is 12.4. The average Bonchev–Trinajstić information content (AvgIpc) is 4.17. The largest absolute Gasteiger partial charge is 0.391 e. The highest BCUT2D eigenvalue weighted by Crippen LogP contribution is 2.20. The van der Waals surface area contributed by atoms with Gasteiger partial charge in [0.15, 0.2) is 5.96 Å². The van der Waals surface area contributed by atoms with Gasteiger partial charge in [-0.2, -0.15) is 0 Å². The molecule has 0 aromatic carbocycles. The number of amides is 9. The van der Waals surface area contributed by atoms with Crippen LogP contribution < -0.4 is 83.1 Å². The fourth-order valence-corrected chi connectivity index (χ4v) is 8.10. The van der Waals surface area contributed by atoms with Crippen molar-refractivity contribution >= 4 is 64.8 Å². The van der Waals surface area contributed by atoms with E-state index in [1.165, 1.54) is 23.5 Å².